The molecule has 6 nitrogen and oxygen atoms in total. The van der Waals surface area contributed by atoms with Crippen LogP contribution >= 0.6 is 0 Å². The minimum atomic E-state index is -1.12. The number of aromatic carboxylic acids is 1. The minimum absolute atomic E-state index is 0.127. The van der Waals surface area contributed by atoms with Crippen LogP contribution in [0.15, 0.2) is 18.6 Å². The van der Waals surface area contributed by atoms with Crippen molar-refractivity contribution in [3.8, 4) is 0 Å². The molecule has 0 saturated heterocycles. The summed E-state index contributed by atoms with van der Waals surface area (Å²) < 4.78 is 1.31. The normalized spacial score (nSPS) is 10.3. The van der Waals surface area contributed by atoms with E-state index in [9.17, 15) is 4.79 Å². The average molecular weight is 164 g/mol. The number of rotatable bonds is 1. The van der Waals surface area contributed by atoms with E-state index in [1.165, 1.54) is 16.9 Å². The summed E-state index contributed by atoms with van der Waals surface area (Å²) in [5.41, 5.74) is 0.474. The minimum Gasteiger partial charge on any atom is -0.475 e. The lowest BCUT2D eigenvalue weighted by molar-refractivity contribution is 0.0682. The molecule has 0 aliphatic carbocycles. The maximum atomic E-state index is 10.5. The first-order chi connectivity index (χ1) is 5.79. The van der Waals surface area contributed by atoms with Crippen LogP contribution in [-0.4, -0.2) is 30.7 Å². The monoisotopic (exact) mass is 164 g/mol. The molecular formula is C6H4N4O2. The Morgan fingerprint density at radius 1 is 1.50 bits per heavy atom. The molecule has 0 saturated carbocycles. The van der Waals surface area contributed by atoms with E-state index in [0.717, 1.165) is 0 Å². The molecule has 1 N–H and O–H groups in total. The molecule has 2 aromatic rings. The number of nitrogens with zero attached hydrogens (tertiary/aromatic N) is 4. The zero-order chi connectivity index (χ0) is 8.55. The van der Waals surface area contributed by atoms with E-state index in [0.29, 0.717) is 5.65 Å². The highest BCUT2D eigenvalue weighted by Gasteiger charge is 2.11. The van der Waals surface area contributed by atoms with Crippen molar-refractivity contribution in [3.63, 3.8) is 0 Å². The topological polar surface area (TPSA) is 80.4 Å². The molecule has 2 rings (SSSR count). The Hall–Kier alpha value is -1.98. The molecule has 0 bridgehead atoms. The van der Waals surface area contributed by atoms with Gasteiger partial charge in [0.2, 0.25) is 5.82 Å². The molecule has 0 aliphatic heterocycles. The molecule has 2 aromatic heterocycles. The van der Waals surface area contributed by atoms with Crippen LogP contribution in [-0.2, 0) is 0 Å². The van der Waals surface area contributed by atoms with Crippen LogP contribution in [0.3, 0.4) is 0 Å². The molecule has 0 aliphatic rings. The van der Waals surface area contributed by atoms with Gasteiger partial charge in [0.15, 0.2) is 5.65 Å². The fourth-order valence-corrected chi connectivity index (χ4v) is 0.892. The summed E-state index contributed by atoms with van der Waals surface area (Å²) in [5.74, 6) is -1.24. The van der Waals surface area contributed by atoms with Crippen LogP contribution in [0.4, 0.5) is 0 Å². The van der Waals surface area contributed by atoms with Crippen LogP contribution in [0.25, 0.3) is 5.65 Å². The molecular weight excluding hydrogens is 160 g/mol. The van der Waals surface area contributed by atoms with Crippen molar-refractivity contribution in [1.82, 2.24) is 19.6 Å². The maximum Gasteiger partial charge on any atom is 0.374 e. The molecule has 0 radical (unpaired) electrons. The smallest absolute Gasteiger partial charge is 0.374 e. The van der Waals surface area contributed by atoms with Gasteiger partial charge in [-0.3, -0.25) is 4.40 Å². The Morgan fingerprint density at radius 3 is 3.08 bits per heavy atom. The van der Waals surface area contributed by atoms with Crippen molar-refractivity contribution in [2.45, 2.75) is 0 Å². The largest absolute Gasteiger partial charge is 0.475 e. The predicted molar refractivity (Wildman–Crippen MR) is 37.7 cm³/mol. The molecule has 12 heavy (non-hydrogen) atoms. The van der Waals surface area contributed by atoms with Crippen LogP contribution in [0.5, 0.6) is 0 Å². The lowest BCUT2D eigenvalue weighted by Crippen LogP contribution is -2.03. The number of hydrogen-bond donors (Lipinski definition) is 1. The lowest BCUT2D eigenvalue weighted by Gasteiger charge is -1.90. The van der Waals surface area contributed by atoms with Gasteiger partial charge in [0, 0.05) is 12.3 Å². The van der Waals surface area contributed by atoms with E-state index in [4.69, 9.17) is 5.11 Å². The molecule has 6 heteroatoms. The molecule has 0 aromatic carbocycles. The second-order valence-electron chi connectivity index (χ2n) is 2.14. The first kappa shape index (κ1) is 6.71. The van der Waals surface area contributed by atoms with E-state index in [1.54, 1.807) is 6.07 Å². The third-order valence-corrected chi connectivity index (χ3v) is 1.41. The van der Waals surface area contributed by atoms with E-state index in [1.807, 2.05) is 0 Å². The van der Waals surface area contributed by atoms with Gasteiger partial charge in [0.25, 0.3) is 0 Å². The van der Waals surface area contributed by atoms with Crippen LogP contribution < -0.4 is 0 Å². The summed E-state index contributed by atoms with van der Waals surface area (Å²) in [5, 5.41) is 15.7. The van der Waals surface area contributed by atoms with E-state index in [-0.39, 0.29) is 5.82 Å². The van der Waals surface area contributed by atoms with Gasteiger partial charge in [-0.2, -0.15) is 0 Å². The quantitative estimate of drug-likeness (QED) is 0.632. The van der Waals surface area contributed by atoms with Crippen LogP contribution in [0.1, 0.15) is 10.6 Å². The fraction of sp³-hybridized carbons (Fsp3) is 0. The molecule has 0 amide bonds. The summed E-state index contributed by atoms with van der Waals surface area (Å²) in [6.07, 6.45) is 2.88. The third-order valence-electron chi connectivity index (χ3n) is 1.41. The average Bonchev–Trinajstić information content (AvgIpc) is 2.47. The van der Waals surface area contributed by atoms with Gasteiger partial charge in [-0.25, -0.2) is 9.78 Å². The lowest BCUT2D eigenvalue weighted by atomic mass is 10.6. The first-order valence-corrected chi connectivity index (χ1v) is 3.17. The zero-order valence-electron chi connectivity index (χ0n) is 5.88. The molecule has 0 unspecified atom stereocenters. The number of aromatic nitrogens is 4. The summed E-state index contributed by atoms with van der Waals surface area (Å²) in [6.45, 7) is 0. The Balaban J connectivity index is 2.79. The summed E-state index contributed by atoms with van der Waals surface area (Å²) >= 11 is 0. The molecule has 0 fully saturated rings. The fourth-order valence-electron chi connectivity index (χ4n) is 0.892. The van der Waals surface area contributed by atoms with Gasteiger partial charge in [0.05, 0.1) is 0 Å². The van der Waals surface area contributed by atoms with Crippen molar-refractivity contribution in [2.24, 2.45) is 0 Å². The van der Waals surface area contributed by atoms with Gasteiger partial charge in [-0.15, -0.1) is 10.2 Å². The number of carbonyl (C=O) groups is 1. The number of carboxylic acids is 1. The van der Waals surface area contributed by atoms with Gasteiger partial charge >= 0.3 is 5.97 Å². The highest BCUT2D eigenvalue weighted by molar-refractivity contribution is 5.84. The van der Waals surface area contributed by atoms with E-state index < -0.39 is 5.97 Å². The van der Waals surface area contributed by atoms with Crippen molar-refractivity contribution in [1.29, 1.82) is 0 Å². The van der Waals surface area contributed by atoms with Gasteiger partial charge in [-0.05, 0) is 0 Å². The van der Waals surface area contributed by atoms with Crippen molar-refractivity contribution < 1.29 is 9.90 Å². The van der Waals surface area contributed by atoms with E-state index in [2.05, 4.69) is 15.2 Å². The van der Waals surface area contributed by atoms with E-state index >= 15 is 0 Å². The summed E-state index contributed by atoms with van der Waals surface area (Å²) in [4.78, 5) is 14.3. The Morgan fingerprint density at radius 2 is 2.33 bits per heavy atom. The van der Waals surface area contributed by atoms with Crippen molar-refractivity contribution in [3.05, 3.63) is 24.4 Å². The molecule has 0 atom stereocenters. The number of carboxylic acid groups (broad SMARTS) is 1. The second-order valence-corrected chi connectivity index (χ2v) is 2.14. The second kappa shape index (κ2) is 2.26. The summed E-state index contributed by atoms with van der Waals surface area (Å²) in [7, 11) is 0. The number of fused-ring (bicyclic) bond motifs is 1. The van der Waals surface area contributed by atoms with Crippen LogP contribution in [0.2, 0.25) is 0 Å². The van der Waals surface area contributed by atoms with Gasteiger partial charge < -0.3 is 5.11 Å². The third kappa shape index (κ3) is 0.815. The Bertz CT molecular complexity index is 436. The highest BCUT2D eigenvalue weighted by Crippen LogP contribution is 1.99. The summed E-state index contributed by atoms with van der Waals surface area (Å²) in [6, 6.07) is 1.58. The predicted octanol–water partition coefficient (Wildman–Crippen LogP) is -0.177. The highest BCUT2D eigenvalue weighted by atomic mass is 16.4. The van der Waals surface area contributed by atoms with Crippen molar-refractivity contribution >= 4 is 11.6 Å². The maximum absolute atomic E-state index is 10.5. The standard InChI is InChI=1S/C6H4N4O2/c11-6(12)5-9-8-4-1-2-7-3-10(4)5/h1-3H,(H,11,12). The Labute approximate surface area is 66.5 Å². The Kier molecular flexibility index (Phi) is 1.26. The number of hydrogen-bond acceptors (Lipinski definition) is 4. The van der Waals surface area contributed by atoms with Gasteiger partial charge in [0.1, 0.15) is 6.33 Å². The molecule has 2 heterocycles. The molecule has 60 valence electrons. The van der Waals surface area contributed by atoms with Crippen LogP contribution in [0, 0.1) is 0 Å². The van der Waals surface area contributed by atoms with Crippen molar-refractivity contribution in [2.75, 3.05) is 0 Å². The first-order valence-electron chi connectivity index (χ1n) is 3.17. The molecule has 0 spiro atoms. The SMILES string of the molecule is O=C(O)c1nnc2ccncn12. The zero-order valence-corrected chi connectivity index (χ0v) is 5.88. The van der Waals surface area contributed by atoms with Gasteiger partial charge in [-0.1, -0.05) is 0 Å².